The van der Waals surface area contributed by atoms with Crippen LogP contribution in [0, 0.1) is 11.7 Å². The SMILES string of the molecule is CN1CCN(c2ccnc3nc(-c4n[nH]c5cnc(-c6cncc(NC(=O)C7CCCCC7)c6)c(F)c45)[nH]c23)CC1. The van der Waals surface area contributed by atoms with E-state index in [0.717, 1.165) is 63.1 Å². The molecule has 1 aliphatic carbocycles. The summed E-state index contributed by atoms with van der Waals surface area (Å²) < 4.78 is 16.2. The average molecular weight is 555 g/mol. The molecule has 1 saturated carbocycles. The molecule has 210 valence electrons. The molecule has 0 aromatic carbocycles. The highest BCUT2D eigenvalue weighted by Crippen LogP contribution is 2.34. The lowest BCUT2D eigenvalue weighted by Gasteiger charge is -2.34. The average Bonchev–Trinajstić information content (AvgIpc) is 3.63. The lowest BCUT2D eigenvalue weighted by atomic mass is 9.88. The van der Waals surface area contributed by atoms with E-state index in [1.807, 2.05) is 6.07 Å². The Labute approximate surface area is 235 Å². The maximum atomic E-state index is 16.2. The number of hydrogen-bond donors (Lipinski definition) is 3. The van der Waals surface area contributed by atoms with Gasteiger partial charge in [0.15, 0.2) is 17.3 Å². The monoisotopic (exact) mass is 554 g/mol. The second kappa shape index (κ2) is 10.5. The molecule has 3 N–H and O–H groups in total. The number of aromatic amines is 2. The zero-order valence-electron chi connectivity index (χ0n) is 22.8. The number of carbonyl (C=O) groups is 1. The summed E-state index contributed by atoms with van der Waals surface area (Å²) in [5, 5.41) is 10.5. The summed E-state index contributed by atoms with van der Waals surface area (Å²) in [5.74, 6) is -0.138. The molecule has 12 heteroatoms. The van der Waals surface area contributed by atoms with Crippen molar-refractivity contribution in [3.8, 4) is 22.8 Å². The second-order valence-corrected chi connectivity index (χ2v) is 11.0. The molecule has 0 radical (unpaired) electrons. The van der Waals surface area contributed by atoms with Crippen LogP contribution in [0.25, 0.3) is 44.8 Å². The van der Waals surface area contributed by atoms with Gasteiger partial charge in [0.1, 0.15) is 16.9 Å². The van der Waals surface area contributed by atoms with Crippen molar-refractivity contribution >= 4 is 39.3 Å². The topological polar surface area (TPSA) is 132 Å². The minimum atomic E-state index is -0.545. The molecular formula is C29H31FN10O. The maximum absolute atomic E-state index is 16.2. The van der Waals surface area contributed by atoms with Crippen molar-refractivity contribution < 1.29 is 9.18 Å². The third-order valence-corrected chi connectivity index (χ3v) is 8.24. The molecule has 6 heterocycles. The lowest BCUT2D eigenvalue weighted by molar-refractivity contribution is -0.120. The van der Waals surface area contributed by atoms with Crippen LogP contribution in [0.1, 0.15) is 32.1 Å². The fourth-order valence-corrected chi connectivity index (χ4v) is 5.92. The van der Waals surface area contributed by atoms with Crippen LogP contribution < -0.4 is 10.2 Å². The van der Waals surface area contributed by atoms with Crippen LogP contribution in [0.15, 0.2) is 36.9 Å². The maximum Gasteiger partial charge on any atom is 0.227 e. The highest BCUT2D eigenvalue weighted by Gasteiger charge is 2.24. The van der Waals surface area contributed by atoms with Crippen molar-refractivity contribution in [2.45, 2.75) is 32.1 Å². The van der Waals surface area contributed by atoms with E-state index >= 15 is 4.39 Å². The molecule has 5 aromatic heterocycles. The van der Waals surface area contributed by atoms with E-state index in [9.17, 15) is 4.79 Å². The summed E-state index contributed by atoms with van der Waals surface area (Å²) in [6, 6.07) is 3.69. The van der Waals surface area contributed by atoms with E-state index in [4.69, 9.17) is 0 Å². The number of hydrogen-bond acceptors (Lipinski definition) is 8. The Bertz CT molecular complexity index is 1730. The highest BCUT2D eigenvalue weighted by atomic mass is 19.1. The van der Waals surface area contributed by atoms with Crippen LogP contribution >= 0.6 is 0 Å². The van der Waals surface area contributed by atoms with Gasteiger partial charge in [-0.05, 0) is 32.0 Å². The quantitative estimate of drug-likeness (QED) is 0.292. The highest BCUT2D eigenvalue weighted by molar-refractivity contribution is 5.97. The Morgan fingerprint density at radius 3 is 2.71 bits per heavy atom. The number of aromatic nitrogens is 7. The number of anilines is 2. The summed E-state index contributed by atoms with van der Waals surface area (Å²) >= 11 is 0. The van der Waals surface area contributed by atoms with Gasteiger partial charge in [0.05, 0.1) is 34.7 Å². The van der Waals surface area contributed by atoms with E-state index in [2.05, 4.69) is 57.3 Å². The molecule has 11 nitrogen and oxygen atoms in total. The number of H-pyrrole nitrogens is 2. The van der Waals surface area contributed by atoms with Crippen molar-refractivity contribution in [3.63, 3.8) is 0 Å². The molecular weight excluding hydrogens is 523 g/mol. The molecule has 1 saturated heterocycles. The van der Waals surface area contributed by atoms with Crippen molar-refractivity contribution in [1.82, 2.24) is 40.0 Å². The van der Waals surface area contributed by atoms with Gasteiger partial charge in [0.2, 0.25) is 5.91 Å². The normalized spacial score (nSPS) is 17.0. The van der Waals surface area contributed by atoms with Crippen molar-refractivity contribution in [2.75, 3.05) is 43.4 Å². The number of rotatable bonds is 5. The molecule has 0 spiro atoms. The van der Waals surface area contributed by atoms with Gasteiger partial charge in [-0.1, -0.05) is 19.3 Å². The number of likely N-dealkylation sites (N-methyl/N-ethyl adjacent to an activating group) is 1. The standard InChI is InChI=1S/C29H31FN10O/c1-39-9-11-40(12-10-39)21-7-8-32-27-25(21)35-28(36-27)26-22-20(37-38-26)16-33-24(23(22)30)18-13-19(15-31-14-18)34-29(41)17-5-3-2-4-6-17/h7-8,13-17H,2-6,9-12H2,1H3,(H,34,41)(H,37,38)(H,32,35,36). The van der Waals surface area contributed by atoms with E-state index in [1.54, 1.807) is 30.9 Å². The fraction of sp³-hybridized carbons (Fsp3) is 0.379. The van der Waals surface area contributed by atoms with Gasteiger partial charge >= 0.3 is 0 Å². The number of nitrogens with one attached hydrogen (secondary N) is 3. The zero-order valence-corrected chi connectivity index (χ0v) is 22.8. The molecule has 7 rings (SSSR count). The number of piperazine rings is 1. The molecule has 2 fully saturated rings. The Balaban J connectivity index is 1.22. The molecule has 0 bridgehead atoms. The first kappa shape index (κ1) is 25.5. The summed E-state index contributed by atoms with van der Waals surface area (Å²) in [6.45, 7) is 3.73. The number of imidazole rings is 1. The van der Waals surface area contributed by atoms with E-state index in [-0.39, 0.29) is 22.9 Å². The number of nitrogens with zero attached hydrogens (tertiary/aromatic N) is 7. The summed E-state index contributed by atoms with van der Waals surface area (Å²) in [7, 11) is 2.12. The molecule has 41 heavy (non-hydrogen) atoms. The largest absolute Gasteiger partial charge is 0.367 e. The first-order valence-corrected chi connectivity index (χ1v) is 14.1. The summed E-state index contributed by atoms with van der Waals surface area (Å²) in [6.07, 6.45) is 11.5. The fourth-order valence-electron chi connectivity index (χ4n) is 5.92. The Morgan fingerprint density at radius 1 is 1.05 bits per heavy atom. The predicted molar refractivity (Wildman–Crippen MR) is 155 cm³/mol. The molecule has 0 unspecified atom stereocenters. The third kappa shape index (κ3) is 4.77. The Morgan fingerprint density at radius 2 is 1.88 bits per heavy atom. The van der Waals surface area contributed by atoms with Crippen LogP contribution in [0.3, 0.4) is 0 Å². The van der Waals surface area contributed by atoms with Crippen molar-refractivity contribution in [3.05, 3.63) is 42.7 Å². The molecule has 5 aromatic rings. The van der Waals surface area contributed by atoms with Gasteiger partial charge < -0.3 is 20.1 Å². The van der Waals surface area contributed by atoms with Gasteiger partial charge in [-0.15, -0.1) is 0 Å². The number of fused-ring (bicyclic) bond motifs is 2. The van der Waals surface area contributed by atoms with Gasteiger partial charge in [-0.25, -0.2) is 14.4 Å². The van der Waals surface area contributed by atoms with Crippen LogP contribution in [0.2, 0.25) is 0 Å². The van der Waals surface area contributed by atoms with Crippen molar-refractivity contribution in [1.29, 1.82) is 0 Å². The van der Waals surface area contributed by atoms with E-state index in [1.165, 1.54) is 6.42 Å². The third-order valence-electron chi connectivity index (χ3n) is 8.24. The van der Waals surface area contributed by atoms with Gasteiger partial charge in [0, 0.05) is 50.1 Å². The second-order valence-electron chi connectivity index (χ2n) is 11.0. The Kier molecular flexibility index (Phi) is 6.54. The van der Waals surface area contributed by atoms with Gasteiger partial charge in [-0.3, -0.25) is 19.9 Å². The van der Waals surface area contributed by atoms with Crippen LogP contribution in [-0.2, 0) is 4.79 Å². The predicted octanol–water partition coefficient (Wildman–Crippen LogP) is 4.37. The van der Waals surface area contributed by atoms with E-state index in [0.29, 0.717) is 33.9 Å². The minimum absolute atomic E-state index is 0.00201. The number of carbonyl (C=O) groups excluding carboxylic acids is 1. The van der Waals surface area contributed by atoms with Gasteiger partial charge in [0.25, 0.3) is 0 Å². The molecule has 1 aliphatic heterocycles. The molecule has 2 aliphatic rings. The first-order valence-electron chi connectivity index (χ1n) is 14.1. The lowest BCUT2D eigenvalue weighted by Crippen LogP contribution is -2.44. The van der Waals surface area contributed by atoms with Gasteiger partial charge in [-0.2, -0.15) is 5.10 Å². The number of halogens is 1. The first-order chi connectivity index (χ1) is 20.0. The summed E-state index contributed by atoms with van der Waals surface area (Å²) in [4.78, 5) is 38.5. The Hall–Kier alpha value is -4.45. The minimum Gasteiger partial charge on any atom is -0.367 e. The smallest absolute Gasteiger partial charge is 0.227 e. The zero-order chi connectivity index (χ0) is 27.9. The molecule has 0 atom stereocenters. The molecule has 1 amide bonds. The number of amides is 1. The van der Waals surface area contributed by atoms with Crippen LogP contribution in [-0.4, -0.2) is 79.2 Å². The van der Waals surface area contributed by atoms with E-state index < -0.39 is 5.82 Å². The number of pyridine rings is 3. The van der Waals surface area contributed by atoms with Crippen molar-refractivity contribution in [2.24, 2.45) is 5.92 Å². The van der Waals surface area contributed by atoms with Crippen LogP contribution in [0.5, 0.6) is 0 Å². The van der Waals surface area contributed by atoms with Crippen LogP contribution in [0.4, 0.5) is 15.8 Å². The summed E-state index contributed by atoms with van der Waals surface area (Å²) in [5.41, 5.74) is 4.25.